The Labute approximate surface area is 110 Å². The number of hydrogen-bond acceptors (Lipinski definition) is 1. The number of nitrogens with two attached hydrogens (primary N) is 1. The average molecular weight is 286 g/mol. The molecule has 0 radical (unpaired) electrons. The van der Waals surface area contributed by atoms with Gasteiger partial charge in [0.25, 0.3) is 0 Å². The Kier molecular flexibility index (Phi) is 5.20. The smallest absolute Gasteiger partial charge is 0.323 e. The number of hydrogen-bond donors (Lipinski definition) is 1. The molecule has 0 amide bonds. The van der Waals surface area contributed by atoms with E-state index in [0.717, 1.165) is 0 Å². The minimum Gasteiger partial charge on any atom is -0.323 e. The van der Waals surface area contributed by atoms with E-state index in [0.29, 0.717) is 6.07 Å². The van der Waals surface area contributed by atoms with Crippen LogP contribution in [0.2, 0.25) is 0 Å². The van der Waals surface area contributed by atoms with Crippen LogP contribution in [0, 0.1) is 11.2 Å². The fraction of sp³-hybridized carbons (Fsp3) is 0.500. The van der Waals surface area contributed by atoms with Gasteiger partial charge in [0.2, 0.25) is 0 Å². The van der Waals surface area contributed by atoms with Gasteiger partial charge in [-0.3, -0.25) is 0 Å². The van der Waals surface area contributed by atoms with Gasteiger partial charge >= 0.3 is 6.18 Å². The molecule has 1 rings (SSSR count). The summed E-state index contributed by atoms with van der Waals surface area (Å²) in [7, 11) is 0. The van der Waals surface area contributed by atoms with Crippen LogP contribution in [0.4, 0.5) is 17.6 Å². The molecule has 0 spiro atoms. The average Bonchev–Trinajstić information content (AvgIpc) is 2.13. The van der Waals surface area contributed by atoms with Gasteiger partial charge in [-0.25, -0.2) is 4.39 Å². The first-order valence-corrected chi connectivity index (χ1v) is 5.16. The first-order chi connectivity index (χ1) is 7.55. The SMILES string of the molecule is CC(C)(C)[C@@H](N)c1cccc(C(F)(F)F)c1F.Cl. The summed E-state index contributed by atoms with van der Waals surface area (Å²) in [5.74, 6) is -1.28. The third-order valence-electron chi connectivity index (χ3n) is 2.60. The molecule has 0 unspecified atom stereocenters. The standard InChI is InChI=1S/C12H15F4N.ClH/c1-11(2,3)10(17)7-5-4-6-8(9(7)13)12(14,15)16;/h4-6,10H,17H2,1-3H3;1H/t10-;/m0./s1. The Hall–Kier alpha value is -0.810. The topological polar surface area (TPSA) is 26.0 Å². The summed E-state index contributed by atoms with van der Waals surface area (Å²) < 4.78 is 51.3. The Bertz CT molecular complexity index is 410. The lowest BCUT2D eigenvalue weighted by Crippen LogP contribution is -2.28. The number of alkyl halides is 3. The number of benzene rings is 1. The minimum atomic E-state index is -4.70. The Morgan fingerprint density at radius 3 is 2.00 bits per heavy atom. The van der Waals surface area contributed by atoms with Crippen molar-refractivity contribution in [2.24, 2.45) is 11.1 Å². The number of rotatable bonds is 1. The monoisotopic (exact) mass is 285 g/mol. The fourth-order valence-electron chi connectivity index (χ4n) is 1.48. The minimum absolute atomic E-state index is 0. The van der Waals surface area contributed by atoms with E-state index in [1.54, 1.807) is 20.8 Å². The molecule has 1 atom stereocenters. The molecule has 1 aromatic rings. The van der Waals surface area contributed by atoms with Crippen LogP contribution < -0.4 is 5.73 Å². The molecule has 104 valence electrons. The van der Waals surface area contributed by atoms with Gasteiger partial charge in [0.1, 0.15) is 5.82 Å². The molecule has 6 heteroatoms. The van der Waals surface area contributed by atoms with Crippen molar-refractivity contribution >= 4 is 12.4 Å². The van der Waals surface area contributed by atoms with Gasteiger partial charge in [-0.2, -0.15) is 13.2 Å². The zero-order chi connectivity index (χ0) is 13.4. The lowest BCUT2D eigenvalue weighted by atomic mass is 9.82. The predicted molar refractivity (Wildman–Crippen MR) is 65.0 cm³/mol. The predicted octanol–water partition coefficient (Wildman–Crippen LogP) is 4.31. The summed E-state index contributed by atoms with van der Waals surface area (Å²) in [6.07, 6.45) is -4.70. The Balaban J connectivity index is 0.00000289. The van der Waals surface area contributed by atoms with Crippen molar-refractivity contribution in [2.75, 3.05) is 0 Å². The molecule has 0 bridgehead atoms. The van der Waals surface area contributed by atoms with E-state index in [9.17, 15) is 17.6 Å². The van der Waals surface area contributed by atoms with Gasteiger partial charge in [0, 0.05) is 11.6 Å². The second kappa shape index (κ2) is 5.45. The third kappa shape index (κ3) is 3.59. The van der Waals surface area contributed by atoms with Gasteiger partial charge in [0.05, 0.1) is 5.56 Å². The maximum Gasteiger partial charge on any atom is 0.419 e. The van der Waals surface area contributed by atoms with Crippen molar-refractivity contribution in [3.8, 4) is 0 Å². The van der Waals surface area contributed by atoms with Gasteiger partial charge < -0.3 is 5.73 Å². The van der Waals surface area contributed by atoms with Gasteiger partial charge in [-0.1, -0.05) is 32.9 Å². The van der Waals surface area contributed by atoms with Crippen molar-refractivity contribution < 1.29 is 17.6 Å². The van der Waals surface area contributed by atoms with E-state index in [1.165, 1.54) is 12.1 Å². The van der Waals surface area contributed by atoms with E-state index in [4.69, 9.17) is 5.73 Å². The zero-order valence-electron chi connectivity index (χ0n) is 10.3. The van der Waals surface area contributed by atoms with Crippen LogP contribution in [0.3, 0.4) is 0 Å². The molecule has 0 aliphatic heterocycles. The first kappa shape index (κ1) is 17.2. The molecule has 1 nitrogen and oxygen atoms in total. The van der Waals surface area contributed by atoms with E-state index in [2.05, 4.69) is 0 Å². The summed E-state index contributed by atoms with van der Waals surface area (Å²) in [4.78, 5) is 0. The quantitative estimate of drug-likeness (QED) is 0.765. The molecule has 0 heterocycles. The molecule has 0 saturated heterocycles. The summed E-state index contributed by atoms with van der Waals surface area (Å²) in [5, 5.41) is 0. The van der Waals surface area contributed by atoms with Crippen molar-refractivity contribution in [1.82, 2.24) is 0 Å². The van der Waals surface area contributed by atoms with E-state index in [1.807, 2.05) is 0 Å². The van der Waals surface area contributed by atoms with Gasteiger partial charge in [-0.15, -0.1) is 12.4 Å². The van der Waals surface area contributed by atoms with Gasteiger partial charge in [0.15, 0.2) is 0 Å². The second-order valence-corrected chi connectivity index (χ2v) is 5.05. The van der Waals surface area contributed by atoms with Crippen molar-refractivity contribution in [3.05, 3.63) is 35.1 Å². The van der Waals surface area contributed by atoms with Gasteiger partial charge in [-0.05, 0) is 11.5 Å². The maximum atomic E-state index is 13.7. The lowest BCUT2D eigenvalue weighted by Gasteiger charge is -2.28. The first-order valence-electron chi connectivity index (χ1n) is 5.16. The van der Waals surface area contributed by atoms with E-state index < -0.39 is 29.0 Å². The summed E-state index contributed by atoms with van der Waals surface area (Å²) in [6.45, 7) is 5.24. The fourth-order valence-corrected chi connectivity index (χ4v) is 1.48. The third-order valence-corrected chi connectivity index (χ3v) is 2.60. The van der Waals surface area contributed by atoms with Crippen molar-refractivity contribution in [1.29, 1.82) is 0 Å². The Morgan fingerprint density at radius 1 is 1.11 bits per heavy atom. The van der Waals surface area contributed by atoms with Crippen molar-refractivity contribution in [3.63, 3.8) is 0 Å². The molecule has 2 N–H and O–H groups in total. The summed E-state index contributed by atoms with van der Waals surface area (Å²) >= 11 is 0. The van der Waals surface area contributed by atoms with Crippen LogP contribution >= 0.6 is 12.4 Å². The highest BCUT2D eigenvalue weighted by Crippen LogP contribution is 2.37. The van der Waals surface area contributed by atoms with Crippen LogP contribution in [-0.4, -0.2) is 0 Å². The van der Waals surface area contributed by atoms with Crippen molar-refractivity contribution in [2.45, 2.75) is 33.0 Å². The molecule has 0 aliphatic carbocycles. The van der Waals surface area contributed by atoms with Crippen LogP contribution in [0.1, 0.15) is 37.9 Å². The lowest BCUT2D eigenvalue weighted by molar-refractivity contribution is -0.140. The normalized spacial score (nSPS) is 14.0. The highest BCUT2D eigenvalue weighted by Gasteiger charge is 2.36. The van der Waals surface area contributed by atoms with Crippen LogP contribution in [0.15, 0.2) is 18.2 Å². The van der Waals surface area contributed by atoms with Crippen LogP contribution in [0.25, 0.3) is 0 Å². The molecular weight excluding hydrogens is 270 g/mol. The highest BCUT2D eigenvalue weighted by atomic mass is 35.5. The van der Waals surface area contributed by atoms with Crippen LogP contribution in [0.5, 0.6) is 0 Å². The molecule has 0 fully saturated rings. The summed E-state index contributed by atoms with van der Waals surface area (Å²) in [6, 6.07) is 2.39. The molecule has 0 aliphatic rings. The Morgan fingerprint density at radius 2 is 1.61 bits per heavy atom. The number of halogens is 5. The van der Waals surface area contributed by atoms with E-state index >= 15 is 0 Å². The van der Waals surface area contributed by atoms with Crippen LogP contribution in [-0.2, 0) is 6.18 Å². The molecule has 0 aromatic heterocycles. The molecule has 1 aromatic carbocycles. The maximum absolute atomic E-state index is 13.7. The summed E-state index contributed by atoms with van der Waals surface area (Å²) in [5.41, 5.74) is 3.90. The van der Waals surface area contributed by atoms with E-state index in [-0.39, 0.29) is 18.0 Å². The largest absolute Gasteiger partial charge is 0.419 e. The molecule has 18 heavy (non-hydrogen) atoms. The molecule has 0 saturated carbocycles. The molecular formula is C12H16ClF4N. The second-order valence-electron chi connectivity index (χ2n) is 5.05. The zero-order valence-corrected chi connectivity index (χ0v) is 11.1. The highest BCUT2D eigenvalue weighted by molar-refractivity contribution is 5.85.